The highest BCUT2D eigenvalue weighted by molar-refractivity contribution is 7.98. The number of amides is 1. The van der Waals surface area contributed by atoms with E-state index >= 15 is 0 Å². The van der Waals surface area contributed by atoms with Crippen molar-refractivity contribution < 1.29 is 18.7 Å². The second-order valence-corrected chi connectivity index (χ2v) is 5.25. The molecule has 5 nitrogen and oxygen atoms in total. The van der Waals surface area contributed by atoms with Crippen LogP contribution in [0.15, 0.2) is 18.2 Å². The highest BCUT2D eigenvalue weighted by Crippen LogP contribution is 2.18. The molecule has 0 fully saturated rings. The van der Waals surface area contributed by atoms with Crippen LogP contribution < -0.4 is 11.5 Å². The predicted molar refractivity (Wildman–Crippen MR) is 75.7 cm³/mol. The van der Waals surface area contributed by atoms with E-state index in [9.17, 15) is 14.0 Å². The number of hydrogen-bond donors (Lipinski definition) is 2. The molecule has 0 heterocycles. The van der Waals surface area contributed by atoms with E-state index in [1.54, 1.807) is 0 Å². The maximum atomic E-state index is 13.5. The first-order chi connectivity index (χ1) is 9.45. The molecule has 1 amide bonds. The van der Waals surface area contributed by atoms with Crippen molar-refractivity contribution in [1.82, 2.24) is 0 Å². The van der Waals surface area contributed by atoms with Gasteiger partial charge in [0.25, 0.3) is 0 Å². The molecule has 7 heteroatoms. The molecular formula is C13H17FN2O3S. The number of hydrogen-bond acceptors (Lipinski definition) is 5. The van der Waals surface area contributed by atoms with Crippen LogP contribution in [0.25, 0.3) is 0 Å². The average molecular weight is 300 g/mol. The zero-order valence-electron chi connectivity index (χ0n) is 11.1. The van der Waals surface area contributed by atoms with Crippen LogP contribution in [-0.2, 0) is 15.3 Å². The van der Waals surface area contributed by atoms with Crippen molar-refractivity contribution in [3.63, 3.8) is 0 Å². The van der Waals surface area contributed by atoms with Crippen LogP contribution in [0.1, 0.15) is 22.3 Å². The molecule has 0 radical (unpaired) electrons. The summed E-state index contributed by atoms with van der Waals surface area (Å²) in [5.74, 6) is -0.492. The minimum Gasteiger partial charge on any atom is -0.468 e. The van der Waals surface area contributed by atoms with E-state index < -0.39 is 17.9 Å². The van der Waals surface area contributed by atoms with E-state index in [0.29, 0.717) is 23.5 Å². The molecule has 0 bridgehead atoms. The summed E-state index contributed by atoms with van der Waals surface area (Å²) in [5.41, 5.74) is 11.4. The van der Waals surface area contributed by atoms with E-state index in [1.165, 1.54) is 37.1 Å². The summed E-state index contributed by atoms with van der Waals surface area (Å²) in [7, 11) is 1.28. The zero-order valence-corrected chi connectivity index (χ0v) is 11.9. The number of primary amides is 1. The lowest BCUT2D eigenvalue weighted by Gasteiger charge is -2.09. The van der Waals surface area contributed by atoms with Gasteiger partial charge in [0.2, 0.25) is 5.91 Å². The van der Waals surface area contributed by atoms with Crippen LogP contribution in [0.2, 0.25) is 0 Å². The molecule has 1 unspecified atom stereocenters. The molecule has 0 aliphatic rings. The number of esters is 1. The minimum absolute atomic E-state index is 0.272. The molecule has 0 saturated heterocycles. The normalized spacial score (nSPS) is 11.9. The van der Waals surface area contributed by atoms with E-state index in [4.69, 9.17) is 11.5 Å². The third-order valence-corrected chi connectivity index (χ3v) is 3.70. The average Bonchev–Trinajstić information content (AvgIpc) is 2.43. The Bertz CT molecular complexity index is 497. The first-order valence-corrected chi connectivity index (χ1v) is 7.10. The maximum absolute atomic E-state index is 13.5. The molecule has 0 aromatic heterocycles. The standard InChI is InChI=1S/C13H17FN2O3S/c1-19-13(18)11(15)4-5-20-7-9-6-8(12(16)17)2-3-10(9)14/h2-3,6,11H,4-5,7,15H2,1H3,(H2,16,17). The Balaban J connectivity index is 2.48. The molecule has 0 aliphatic carbocycles. The van der Waals surface area contributed by atoms with E-state index in [0.717, 1.165) is 0 Å². The van der Waals surface area contributed by atoms with Gasteiger partial charge in [0.15, 0.2) is 0 Å². The van der Waals surface area contributed by atoms with E-state index in [2.05, 4.69) is 4.74 Å². The Morgan fingerprint density at radius 1 is 1.45 bits per heavy atom. The van der Waals surface area contributed by atoms with Gasteiger partial charge >= 0.3 is 5.97 Å². The fraction of sp³-hybridized carbons (Fsp3) is 0.385. The van der Waals surface area contributed by atoms with E-state index in [1.807, 2.05) is 0 Å². The molecule has 0 saturated carbocycles. The summed E-state index contributed by atoms with van der Waals surface area (Å²) in [6.45, 7) is 0. The van der Waals surface area contributed by atoms with Crippen LogP contribution in [-0.4, -0.2) is 30.8 Å². The van der Waals surface area contributed by atoms with Gasteiger partial charge in [0.05, 0.1) is 7.11 Å². The highest BCUT2D eigenvalue weighted by atomic mass is 32.2. The second-order valence-electron chi connectivity index (χ2n) is 4.14. The number of carbonyl (C=O) groups is 2. The Labute approximate surface area is 120 Å². The van der Waals surface area contributed by atoms with Crippen molar-refractivity contribution in [2.24, 2.45) is 11.5 Å². The molecule has 1 aromatic rings. The molecule has 4 N–H and O–H groups in total. The third kappa shape index (κ3) is 4.82. The molecular weight excluding hydrogens is 283 g/mol. The van der Waals surface area contributed by atoms with Gasteiger partial charge in [0.1, 0.15) is 11.9 Å². The Morgan fingerprint density at radius 2 is 2.15 bits per heavy atom. The monoisotopic (exact) mass is 300 g/mol. The molecule has 110 valence electrons. The minimum atomic E-state index is -0.672. The van der Waals surface area contributed by atoms with Gasteiger partial charge in [0, 0.05) is 11.3 Å². The maximum Gasteiger partial charge on any atom is 0.322 e. The summed E-state index contributed by atoms with van der Waals surface area (Å²) in [5, 5.41) is 0. The summed E-state index contributed by atoms with van der Waals surface area (Å²) >= 11 is 1.42. The van der Waals surface area contributed by atoms with Crippen molar-refractivity contribution in [3.8, 4) is 0 Å². The quantitative estimate of drug-likeness (QED) is 0.579. The van der Waals surface area contributed by atoms with Gasteiger partial charge in [-0.3, -0.25) is 9.59 Å². The second kappa shape index (κ2) is 7.86. The Morgan fingerprint density at radius 3 is 2.75 bits per heavy atom. The number of benzene rings is 1. The molecule has 1 rings (SSSR count). The Kier molecular flexibility index (Phi) is 6.47. The molecule has 0 spiro atoms. The molecule has 0 aliphatic heterocycles. The number of rotatable bonds is 7. The van der Waals surface area contributed by atoms with Crippen LogP contribution in [0.3, 0.4) is 0 Å². The van der Waals surface area contributed by atoms with Crippen LogP contribution in [0.4, 0.5) is 4.39 Å². The lowest BCUT2D eigenvalue weighted by atomic mass is 10.1. The third-order valence-electron chi connectivity index (χ3n) is 2.66. The lowest BCUT2D eigenvalue weighted by molar-refractivity contribution is -0.142. The summed E-state index contributed by atoms with van der Waals surface area (Å²) < 4.78 is 18.0. The van der Waals surface area contributed by atoms with Crippen LogP contribution in [0.5, 0.6) is 0 Å². The fourth-order valence-corrected chi connectivity index (χ4v) is 2.51. The van der Waals surface area contributed by atoms with Crippen molar-refractivity contribution in [2.75, 3.05) is 12.9 Å². The fourth-order valence-electron chi connectivity index (χ4n) is 1.50. The van der Waals surface area contributed by atoms with Crippen molar-refractivity contribution in [1.29, 1.82) is 0 Å². The van der Waals surface area contributed by atoms with Gasteiger partial charge in [-0.05, 0) is 35.9 Å². The van der Waals surface area contributed by atoms with Gasteiger partial charge in [-0.1, -0.05) is 0 Å². The number of methoxy groups -OCH3 is 1. The highest BCUT2D eigenvalue weighted by Gasteiger charge is 2.13. The number of carbonyl (C=O) groups excluding carboxylic acids is 2. The van der Waals surface area contributed by atoms with Gasteiger partial charge < -0.3 is 16.2 Å². The lowest BCUT2D eigenvalue weighted by Crippen LogP contribution is -2.31. The SMILES string of the molecule is COC(=O)C(N)CCSCc1cc(C(N)=O)ccc1F. The summed E-state index contributed by atoms with van der Waals surface area (Å²) in [6, 6.07) is 3.33. The first-order valence-electron chi connectivity index (χ1n) is 5.95. The van der Waals surface area contributed by atoms with E-state index in [-0.39, 0.29) is 11.4 Å². The van der Waals surface area contributed by atoms with Crippen LogP contribution in [0, 0.1) is 5.82 Å². The molecule has 1 aromatic carbocycles. The number of thioether (sulfide) groups is 1. The van der Waals surface area contributed by atoms with Crippen LogP contribution >= 0.6 is 11.8 Å². The van der Waals surface area contributed by atoms with Gasteiger partial charge in [-0.15, -0.1) is 0 Å². The summed E-state index contributed by atoms with van der Waals surface area (Å²) in [4.78, 5) is 22.1. The van der Waals surface area contributed by atoms with Gasteiger partial charge in [-0.2, -0.15) is 11.8 Å². The van der Waals surface area contributed by atoms with Crippen molar-refractivity contribution >= 4 is 23.6 Å². The van der Waals surface area contributed by atoms with Crippen molar-refractivity contribution in [3.05, 3.63) is 35.1 Å². The smallest absolute Gasteiger partial charge is 0.322 e. The van der Waals surface area contributed by atoms with Crippen molar-refractivity contribution in [2.45, 2.75) is 18.2 Å². The Hall–Kier alpha value is -1.60. The van der Waals surface area contributed by atoms with Gasteiger partial charge in [-0.25, -0.2) is 4.39 Å². The molecule has 1 atom stereocenters. The largest absolute Gasteiger partial charge is 0.468 e. The number of ether oxygens (including phenoxy) is 1. The summed E-state index contributed by atoms with van der Waals surface area (Å²) in [6.07, 6.45) is 0.439. The topological polar surface area (TPSA) is 95.4 Å². The molecule has 20 heavy (non-hydrogen) atoms. The number of halogens is 1. The first kappa shape index (κ1) is 16.5. The number of nitrogens with two attached hydrogens (primary N) is 2. The predicted octanol–water partition coefficient (Wildman–Crippen LogP) is 1.05. The zero-order chi connectivity index (χ0) is 15.1.